The van der Waals surface area contributed by atoms with E-state index in [0.29, 0.717) is 11.8 Å². The van der Waals surface area contributed by atoms with E-state index in [-0.39, 0.29) is 12.1 Å². The molecule has 2 atom stereocenters. The Morgan fingerprint density at radius 2 is 1.78 bits per heavy atom. The highest BCUT2D eigenvalue weighted by Crippen LogP contribution is 2.38. The van der Waals surface area contributed by atoms with E-state index in [1.807, 2.05) is 6.07 Å². The smallest absolute Gasteiger partial charge is 0.137 e. The Kier molecular flexibility index (Phi) is 7.92. The summed E-state index contributed by atoms with van der Waals surface area (Å²) >= 11 is 0. The Labute approximate surface area is 216 Å². The second kappa shape index (κ2) is 11.0. The minimum atomic E-state index is -1.79. The van der Waals surface area contributed by atoms with Gasteiger partial charge in [-0.1, -0.05) is 33.8 Å². The van der Waals surface area contributed by atoms with Crippen molar-refractivity contribution in [1.29, 1.82) is 0 Å². The molecule has 0 spiro atoms. The third-order valence-electron chi connectivity index (χ3n) is 6.83. The average Bonchev–Trinajstić information content (AvgIpc) is 3.50. The van der Waals surface area contributed by atoms with Crippen molar-refractivity contribution < 1.29 is 13.9 Å². The molecular formula is C28H36F2N6O. The summed E-state index contributed by atoms with van der Waals surface area (Å²) in [5.74, 6) is -0.417. The number of benzene rings is 2. The van der Waals surface area contributed by atoms with Crippen molar-refractivity contribution in [2.24, 2.45) is 11.8 Å². The predicted molar refractivity (Wildman–Crippen MR) is 141 cm³/mol. The molecule has 0 radical (unpaired) electrons. The summed E-state index contributed by atoms with van der Waals surface area (Å²) in [6.45, 7) is 12.5. The number of fused-ring (bicyclic) bond motifs is 1. The van der Waals surface area contributed by atoms with Gasteiger partial charge in [-0.05, 0) is 49.4 Å². The van der Waals surface area contributed by atoms with Crippen LogP contribution in [0.3, 0.4) is 0 Å². The molecule has 0 amide bonds. The molecule has 2 heterocycles. The predicted octanol–water partition coefficient (Wildman–Crippen LogP) is 5.56. The van der Waals surface area contributed by atoms with E-state index in [1.165, 1.54) is 23.4 Å². The van der Waals surface area contributed by atoms with Crippen molar-refractivity contribution in [1.82, 2.24) is 24.5 Å². The van der Waals surface area contributed by atoms with E-state index >= 15 is 0 Å². The number of rotatable bonds is 11. The first-order chi connectivity index (χ1) is 17.6. The summed E-state index contributed by atoms with van der Waals surface area (Å²) in [6, 6.07) is 8.67. The number of anilines is 1. The maximum Gasteiger partial charge on any atom is 0.137 e. The topological polar surface area (TPSA) is 72.0 Å². The molecule has 0 saturated carbocycles. The van der Waals surface area contributed by atoms with Gasteiger partial charge in [-0.25, -0.2) is 18.4 Å². The van der Waals surface area contributed by atoms with Gasteiger partial charge in [0.1, 0.15) is 29.9 Å². The second-order valence-electron chi connectivity index (χ2n) is 10.7. The summed E-state index contributed by atoms with van der Waals surface area (Å²) in [5.41, 5.74) is 0.110. The molecule has 9 heteroatoms. The number of aliphatic hydroxyl groups is 1. The van der Waals surface area contributed by atoms with Crippen LogP contribution in [-0.2, 0) is 12.1 Å². The van der Waals surface area contributed by atoms with E-state index < -0.39 is 23.3 Å². The van der Waals surface area contributed by atoms with Crippen LogP contribution in [0.15, 0.2) is 55.2 Å². The fraction of sp³-hybridized carbons (Fsp3) is 0.464. The fourth-order valence-electron chi connectivity index (χ4n) is 4.77. The third kappa shape index (κ3) is 5.82. The van der Waals surface area contributed by atoms with E-state index in [1.54, 1.807) is 17.8 Å². The van der Waals surface area contributed by atoms with Gasteiger partial charge in [0, 0.05) is 35.8 Å². The molecule has 0 fully saturated rings. The lowest BCUT2D eigenvalue weighted by Crippen LogP contribution is -2.41. The van der Waals surface area contributed by atoms with Crippen LogP contribution in [0.25, 0.3) is 10.9 Å². The Hall–Kier alpha value is -3.33. The first-order valence-corrected chi connectivity index (χ1v) is 12.8. The van der Waals surface area contributed by atoms with Gasteiger partial charge in [0.2, 0.25) is 0 Å². The average molecular weight is 511 g/mol. The summed E-state index contributed by atoms with van der Waals surface area (Å²) in [6.07, 6.45) is 5.66. The Morgan fingerprint density at radius 3 is 2.43 bits per heavy atom. The lowest BCUT2D eigenvalue weighted by molar-refractivity contribution is -0.0354. The van der Waals surface area contributed by atoms with Crippen molar-refractivity contribution in [3.8, 4) is 0 Å². The number of aromatic nitrogens is 5. The van der Waals surface area contributed by atoms with Crippen LogP contribution in [-0.4, -0.2) is 42.7 Å². The molecule has 0 aliphatic rings. The zero-order valence-electron chi connectivity index (χ0n) is 22.1. The minimum absolute atomic E-state index is 0.0334. The number of hydrogen-bond acceptors (Lipinski definition) is 5. The molecule has 4 rings (SSSR count). The van der Waals surface area contributed by atoms with Crippen molar-refractivity contribution in [2.75, 3.05) is 18.0 Å². The number of hydrogen-bond donors (Lipinski definition) is 1. The third-order valence-corrected chi connectivity index (χ3v) is 6.83. The van der Waals surface area contributed by atoms with E-state index in [2.05, 4.69) is 59.9 Å². The van der Waals surface area contributed by atoms with Crippen LogP contribution in [0.5, 0.6) is 0 Å². The van der Waals surface area contributed by atoms with Crippen molar-refractivity contribution in [3.63, 3.8) is 0 Å². The van der Waals surface area contributed by atoms with Crippen molar-refractivity contribution in [3.05, 3.63) is 72.4 Å². The minimum Gasteiger partial charge on any atom is -0.381 e. The molecule has 0 aliphatic carbocycles. The van der Waals surface area contributed by atoms with Gasteiger partial charge < -0.3 is 10.0 Å². The zero-order valence-corrected chi connectivity index (χ0v) is 22.1. The maximum absolute atomic E-state index is 15.0. The van der Waals surface area contributed by atoms with Gasteiger partial charge in [-0.15, -0.1) is 0 Å². The van der Waals surface area contributed by atoms with Crippen LogP contribution in [0.4, 0.5) is 14.5 Å². The Bertz CT molecular complexity index is 1320. The highest BCUT2D eigenvalue weighted by atomic mass is 19.1. The second-order valence-corrected chi connectivity index (χ2v) is 10.7. The summed E-state index contributed by atoms with van der Waals surface area (Å²) in [7, 11) is 0. The van der Waals surface area contributed by atoms with Crippen molar-refractivity contribution in [2.45, 2.75) is 59.2 Å². The van der Waals surface area contributed by atoms with Crippen molar-refractivity contribution >= 4 is 16.6 Å². The Morgan fingerprint density at radius 1 is 1.00 bits per heavy atom. The normalized spacial score (nSPS) is 14.4. The Balaban J connectivity index is 1.73. The molecule has 37 heavy (non-hydrogen) atoms. The largest absolute Gasteiger partial charge is 0.381 e. The lowest BCUT2D eigenvalue weighted by atomic mass is 9.86. The van der Waals surface area contributed by atoms with Gasteiger partial charge in [0.15, 0.2) is 0 Å². The molecule has 0 aliphatic heterocycles. The first kappa shape index (κ1) is 26.7. The summed E-state index contributed by atoms with van der Waals surface area (Å²) in [4.78, 5) is 6.34. The summed E-state index contributed by atoms with van der Waals surface area (Å²) in [5, 5.41) is 21.6. The number of halogens is 2. The molecule has 2 aromatic heterocycles. The number of nitrogens with zero attached hydrogens (tertiary/aromatic N) is 6. The van der Waals surface area contributed by atoms with Gasteiger partial charge in [0.05, 0.1) is 24.3 Å². The molecule has 4 aromatic rings. The molecule has 7 nitrogen and oxygen atoms in total. The van der Waals surface area contributed by atoms with Crippen LogP contribution in [0.2, 0.25) is 0 Å². The van der Waals surface area contributed by atoms with Gasteiger partial charge in [0.25, 0.3) is 0 Å². The molecule has 2 aromatic carbocycles. The zero-order chi connectivity index (χ0) is 26.7. The quantitative estimate of drug-likeness (QED) is 0.286. The highest BCUT2D eigenvalue weighted by molar-refractivity contribution is 5.83. The van der Waals surface area contributed by atoms with E-state index in [9.17, 15) is 13.9 Å². The lowest BCUT2D eigenvalue weighted by Gasteiger charge is -2.35. The fourth-order valence-corrected chi connectivity index (χ4v) is 4.77. The molecule has 0 saturated heterocycles. The van der Waals surface area contributed by atoms with Crippen LogP contribution >= 0.6 is 0 Å². The van der Waals surface area contributed by atoms with Gasteiger partial charge in [-0.3, -0.25) is 4.68 Å². The van der Waals surface area contributed by atoms with E-state index in [4.69, 9.17) is 0 Å². The molecule has 0 unspecified atom stereocenters. The van der Waals surface area contributed by atoms with Gasteiger partial charge in [-0.2, -0.15) is 10.2 Å². The first-order valence-electron chi connectivity index (χ1n) is 12.8. The molecule has 1 N–H and O–H groups in total. The molecular weight excluding hydrogens is 474 g/mol. The monoisotopic (exact) mass is 510 g/mol. The standard InChI is InChI=1S/C28H36F2N6O/c1-19(2)10-11-34(15-20(3)4)24-7-9-27-22(12-24)14-32-36(27)21(5)28(37,16-35-18-31-17-33-35)25-8-6-23(29)13-26(25)30/h6-9,12-14,17-21,37H,10-11,15-16H2,1-5H3/t21-,28-/m1/s1. The van der Waals surface area contributed by atoms with Crippen LogP contribution in [0.1, 0.15) is 52.6 Å². The van der Waals surface area contributed by atoms with Gasteiger partial charge >= 0.3 is 0 Å². The van der Waals surface area contributed by atoms with Crippen LogP contribution in [0, 0.1) is 23.5 Å². The molecule has 198 valence electrons. The maximum atomic E-state index is 15.0. The SMILES string of the molecule is CC(C)CCN(CC(C)C)c1ccc2c(cnn2[C@H](C)[C@](O)(Cn2cncn2)c2ccc(F)cc2F)c1. The molecule has 0 bridgehead atoms. The highest BCUT2D eigenvalue weighted by Gasteiger charge is 2.41. The van der Waals surface area contributed by atoms with Crippen LogP contribution < -0.4 is 4.90 Å². The van der Waals surface area contributed by atoms with E-state index in [0.717, 1.165) is 48.2 Å². The summed E-state index contributed by atoms with van der Waals surface area (Å²) < 4.78 is 31.8.